The van der Waals surface area contributed by atoms with Gasteiger partial charge in [-0.25, -0.2) is 0 Å². The van der Waals surface area contributed by atoms with Gasteiger partial charge < -0.3 is 14.7 Å². The molecule has 3 aromatic carbocycles. The fraction of sp³-hybridized carbons (Fsp3) is 0.345. The number of aliphatic hydroxyl groups is 1. The van der Waals surface area contributed by atoms with Crippen LogP contribution in [-0.2, 0) is 17.6 Å². The number of rotatable bonds is 5. The molecule has 0 aromatic heterocycles. The highest BCUT2D eigenvalue weighted by Gasteiger charge is 2.41. The van der Waals surface area contributed by atoms with Crippen LogP contribution in [-0.4, -0.2) is 29.6 Å². The Bertz CT molecular complexity index is 1300. The Hall–Kier alpha value is -2.26. The molecule has 0 saturated carbocycles. The first-order chi connectivity index (χ1) is 17.3. The summed E-state index contributed by atoms with van der Waals surface area (Å²) >= 11 is 18.7. The molecule has 1 N–H and O–H groups in total. The fourth-order valence-electron chi connectivity index (χ4n) is 5.55. The lowest BCUT2D eigenvalue weighted by molar-refractivity contribution is -0.0262. The summed E-state index contributed by atoms with van der Waals surface area (Å²) in [6, 6.07) is 21.6. The fourth-order valence-corrected chi connectivity index (χ4v) is 6.00. The van der Waals surface area contributed by atoms with Gasteiger partial charge in [-0.15, -0.1) is 0 Å². The van der Waals surface area contributed by atoms with Crippen LogP contribution in [0.25, 0.3) is 0 Å². The molecule has 36 heavy (non-hydrogen) atoms. The van der Waals surface area contributed by atoms with Crippen LogP contribution in [0.5, 0.6) is 5.75 Å². The summed E-state index contributed by atoms with van der Waals surface area (Å²) in [5.41, 5.74) is 1.91. The third-order valence-corrected chi connectivity index (χ3v) is 8.60. The van der Waals surface area contributed by atoms with E-state index in [1.165, 1.54) is 0 Å². The van der Waals surface area contributed by atoms with Gasteiger partial charge in [-0.2, -0.15) is 5.26 Å². The van der Waals surface area contributed by atoms with E-state index in [9.17, 15) is 10.4 Å². The van der Waals surface area contributed by atoms with Crippen LogP contribution in [0.15, 0.2) is 60.7 Å². The van der Waals surface area contributed by atoms with Gasteiger partial charge in [-0.05, 0) is 67.1 Å². The molecular formula is C29H27Cl3N2O2. The molecule has 7 heteroatoms. The Morgan fingerprint density at radius 1 is 0.944 bits per heavy atom. The van der Waals surface area contributed by atoms with E-state index in [0.717, 1.165) is 48.3 Å². The molecule has 2 heterocycles. The smallest absolute Gasteiger partial charge is 0.126 e. The maximum atomic E-state index is 11.2. The number of ether oxygens (including phenoxy) is 1. The van der Waals surface area contributed by atoms with Crippen molar-refractivity contribution in [3.05, 3.63) is 98.0 Å². The Balaban J connectivity index is 1.34. The molecule has 5 rings (SSSR count). The molecule has 1 atom stereocenters. The zero-order chi connectivity index (χ0) is 25.3. The van der Waals surface area contributed by atoms with E-state index in [2.05, 4.69) is 11.0 Å². The average molecular weight is 542 g/mol. The van der Waals surface area contributed by atoms with Gasteiger partial charge in [0.2, 0.25) is 0 Å². The molecule has 3 aromatic rings. The molecule has 1 unspecified atom stereocenters. The number of halogens is 3. The van der Waals surface area contributed by atoms with Gasteiger partial charge in [0.1, 0.15) is 17.8 Å². The summed E-state index contributed by atoms with van der Waals surface area (Å²) < 4.78 is 6.10. The van der Waals surface area contributed by atoms with Crippen LogP contribution >= 0.6 is 34.8 Å². The van der Waals surface area contributed by atoms with Crippen molar-refractivity contribution >= 4 is 34.8 Å². The number of fused-ring (bicyclic) bond motifs is 2. The van der Waals surface area contributed by atoms with E-state index >= 15 is 0 Å². The number of nitrogens with zero attached hydrogens (tertiary/aromatic N) is 2. The van der Waals surface area contributed by atoms with Crippen LogP contribution in [0.3, 0.4) is 0 Å². The van der Waals surface area contributed by atoms with Gasteiger partial charge in [0.05, 0.1) is 21.7 Å². The summed E-state index contributed by atoms with van der Waals surface area (Å²) in [6.07, 6.45) is 2.74. The topological polar surface area (TPSA) is 56.5 Å². The minimum atomic E-state index is -0.892. The van der Waals surface area contributed by atoms with E-state index in [-0.39, 0.29) is 0 Å². The van der Waals surface area contributed by atoms with Crippen LogP contribution in [0.2, 0.25) is 15.1 Å². The van der Waals surface area contributed by atoms with Gasteiger partial charge >= 0.3 is 0 Å². The lowest BCUT2D eigenvalue weighted by atomic mass is 9.71. The molecule has 0 amide bonds. The molecule has 0 aliphatic carbocycles. The third-order valence-electron chi connectivity index (χ3n) is 7.62. The highest BCUT2D eigenvalue weighted by atomic mass is 35.5. The van der Waals surface area contributed by atoms with Crippen molar-refractivity contribution < 1.29 is 9.84 Å². The maximum absolute atomic E-state index is 11.2. The second kappa shape index (κ2) is 10.2. The van der Waals surface area contributed by atoms with Crippen molar-refractivity contribution in [2.45, 2.75) is 43.3 Å². The summed E-state index contributed by atoms with van der Waals surface area (Å²) in [6.45, 7) is 2.78. The molecule has 0 radical (unpaired) electrons. The molecule has 2 aliphatic rings. The Morgan fingerprint density at radius 2 is 1.64 bits per heavy atom. The number of piperidine rings is 1. The van der Waals surface area contributed by atoms with E-state index in [1.54, 1.807) is 12.1 Å². The van der Waals surface area contributed by atoms with Crippen molar-refractivity contribution in [3.63, 3.8) is 0 Å². The number of hydrogen-bond donors (Lipinski definition) is 1. The zero-order valence-electron chi connectivity index (χ0n) is 19.8. The van der Waals surface area contributed by atoms with E-state index in [1.807, 2.05) is 48.5 Å². The van der Waals surface area contributed by atoms with Gasteiger partial charge in [0.15, 0.2) is 0 Å². The Kier molecular flexibility index (Phi) is 7.23. The first-order valence-electron chi connectivity index (χ1n) is 12.2. The minimum absolute atomic E-state index is 0.375. The molecule has 0 bridgehead atoms. The molecule has 2 aliphatic heterocycles. The summed E-state index contributed by atoms with van der Waals surface area (Å²) in [4.78, 5) is 2.37. The Morgan fingerprint density at radius 3 is 2.36 bits per heavy atom. The van der Waals surface area contributed by atoms with Gasteiger partial charge in [0, 0.05) is 29.7 Å². The predicted molar refractivity (Wildman–Crippen MR) is 144 cm³/mol. The normalized spacial score (nSPS) is 21.0. The third kappa shape index (κ3) is 4.72. The molecule has 4 nitrogen and oxygen atoms in total. The SMILES string of the molecule is N#CC1(CCCN2CCC(O)(c3ccc(Cl)cc3)CC2)c2ccccc2COc2cc(Cl)c(Cl)cc21. The van der Waals surface area contributed by atoms with Gasteiger partial charge in [0.25, 0.3) is 0 Å². The second-order valence-corrected chi connectivity index (χ2v) is 11.0. The van der Waals surface area contributed by atoms with Crippen LogP contribution in [0, 0.1) is 11.3 Å². The van der Waals surface area contributed by atoms with Crippen LogP contribution in [0.4, 0.5) is 0 Å². The maximum Gasteiger partial charge on any atom is 0.126 e. The van der Waals surface area contributed by atoms with E-state index in [0.29, 0.717) is 46.7 Å². The molecular weight excluding hydrogens is 515 g/mol. The molecule has 186 valence electrons. The zero-order valence-corrected chi connectivity index (χ0v) is 22.1. The molecule has 0 spiro atoms. The van der Waals surface area contributed by atoms with E-state index < -0.39 is 11.0 Å². The number of likely N-dealkylation sites (tertiary alicyclic amines) is 1. The quantitative estimate of drug-likeness (QED) is 0.374. The first-order valence-corrected chi connectivity index (χ1v) is 13.3. The number of nitriles is 1. The summed E-state index contributed by atoms with van der Waals surface area (Å²) in [5, 5.41) is 23.3. The second-order valence-electron chi connectivity index (χ2n) is 9.71. The van der Waals surface area contributed by atoms with Crippen LogP contribution < -0.4 is 4.74 Å². The lowest BCUT2D eigenvalue weighted by Crippen LogP contribution is -2.43. The van der Waals surface area contributed by atoms with E-state index in [4.69, 9.17) is 39.5 Å². The molecule has 1 saturated heterocycles. The Labute approximate surface area is 227 Å². The highest BCUT2D eigenvalue weighted by molar-refractivity contribution is 6.42. The summed E-state index contributed by atoms with van der Waals surface area (Å²) in [5.74, 6) is 0.605. The van der Waals surface area contributed by atoms with Gasteiger partial charge in [-0.3, -0.25) is 0 Å². The van der Waals surface area contributed by atoms with Crippen molar-refractivity contribution in [3.8, 4) is 11.8 Å². The van der Waals surface area contributed by atoms with Crippen molar-refractivity contribution in [1.29, 1.82) is 5.26 Å². The highest BCUT2D eigenvalue weighted by Crippen LogP contribution is 2.47. The monoisotopic (exact) mass is 540 g/mol. The van der Waals surface area contributed by atoms with Crippen molar-refractivity contribution in [1.82, 2.24) is 4.90 Å². The summed E-state index contributed by atoms with van der Waals surface area (Å²) in [7, 11) is 0. The van der Waals surface area contributed by atoms with Gasteiger partial charge in [-0.1, -0.05) is 71.2 Å². The molecule has 1 fully saturated rings. The number of benzene rings is 3. The average Bonchev–Trinajstić information content (AvgIpc) is 3.01. The van der Waals surface area contributed by atoms with Crippen molar-refractivity contribution in [2.24, 2.45) is 0 Å². The lowest BCUT2D eigenvalue weighted by Gasteiger charge is -2.39. The first kappa shape index (κ1) is 25.4. The standard InChI is InChI=1S/C29H27Cl3N2O2/c30-22-8-6-21(7-9-22)29(35)11-14-34(15-12-29)13-3-10-28(19-33)23-5-2-1-4-20(23)18-36-27-17-26(32)25(31)16-24(27)28/h1-2,4-9,16-17,35H,3,10-15,18H2. The largest absolute Gasteiger partial charge is 0.488 e. The number of hydrogen-bond acceptors (Lipinski definition) is 4. The van der Waals surface area contributed by atoms with Crippen LogP contribution in [0.1, 0.15) is 47.9 Å². The van der Waals surface area contributed by atoms with Crippen molar-refractivity contribution in [2.75, 3.05) is 19.6 Å². The minimum Gasteiger partial charge on any atom is -0.488 e. The predicted octanol–water partition coefficient (Wildman–Crippen LogP) is 7.11.